The number of hydrogen-bond acceptors (Lipinski definition) is 4. The first-order valence-corrected chi connectivity index (χ1v) is 6.27. The number of ether oxygens (including phenoxy) is 2. The maximum Gasteiger partial charge on any atom is 0.334 e. The summed E-state index contributed by atoms with van der Waals surface area (Å²) in [6, 6.07) is 0. The third-order valence-electron chi connectivity index (χ3n) is 3.24. The van der Waals surface area contributed by atoms with Crippen LogP contribution in [0.5, 0.6) is 0 Å². The second-order valence-electron chi connectivity index (χ2n) is 6.20. The van der Waals surface area contributed by atoms with Crippen LogP contribution in [0, 0.1) is 5.41 Å². The van der Waals surface area contributed by atoms with Gasteiger partial charge in [-0.1, -0.05) is 26.3 Å². The molecule has 0 aromatic rings. The topological polar surface area (TPSA) is 55.8 Å². The molecule has 1 aliphatic rings. The Labute approximate surface area is 114 Å². The van der Waals surface area contributed by atoms with Gasteiger partial charge in [0.15, 0.2) is 5.54 Å². The monoisotopic (exact) mass is 269 g/mol. The van der Waals surface area contributed by atoms with Crippen LogP contribution in [0.1, 0.15) is 34.1 Å². The summed E-state index contributed by atoms with van der Waals surface area (Å²) in [4.78, 5) is 25.1. The Kier molecular flexibility index (Phi) is 4.40. The molecular weight excluding hydrogens is 246 g/mol. The molecule has 1 heterocycles. The number of hydrogen-bond donors (Lipinski definition) is 0. The van der Waals surface area contributed by atoms with E-state index in [2.05, 4.69) is 6.58 Å². The molecule has 1 fully saturated rings. The summed E-state index contributed by atoms with van der Waals surface area (Å²) in [5.41, 5.74) is -0.582. The molecule has 19 heavy (non-hydrogen) atoms. The Morgan fingerprint density at radius 2 is 2.16 bits per heavy atom. The smallest absolute Gasteiger partial charge is 0.334 e. The van der Waals surface area contributed by atoms with Crippen LogP contribution >= 0.6 is 0 Å². The van der Waals surface area contributed by atoms with Gasteiger partial charge in [0.05, 0.1) is 13.7 Å². The highest BCUT2D eigenvalue weighted by atomic mass is 16.5. The highest BCUT2D eigenvalue weighted by molar-refractivity contribution is 5.84. The molecule has 1 amide bonds. The lowest BCUT2D eigenvalue weighted by atomic mass is 9.88. The molecule has 0 N–H and O–H groups in total. The predicted molar refractivity (Wildman–Crippen MR) is 71.3 cm³/mol. The van der Waals surface area contributed by atoms with Crippen molar-refractivity contribution in [3.63, 3.8) is 0 Å². The number of amides is 1. The molecular formula is C14H23NO4. The van der Waals surface area contributed by atoms with Gasteiger partial charge in [-0.15, -0.1) is 6.58 Å². The number of methoxy groups -OCH3 is 1. The van der Waals surface area contributed by atoms with Gasteiger partial charge >= 0.3 is 5.97 Å². The van der Waals surface area contributed by atoms with E-state index >= 15 is 0 Å². The maximum atomic E-state index is 12.2. The lowest BCUT2D eigenvalue weighted by molar-refractivity contribution is -0.158. The van der Waals surface area contributed by atoms with Crippen molar-refractivity contribution in [2.45, 2.75) is 45.9 Å². The number of nitrogens with zero attached hydrogens (tertiary/aromatic N) is 1. The highest BCUT2D eigenvalue weighted by Gasteiger charge is 2.56. The van der Waals surface area contributed by atoms with Crippen LogP contribution in [0.25, 0.3) is 0 Å². The normalized spacial score (nSPS) is 27.2. The van der Waals surface area contributed by atoms with Crippen LogP contribution in [0.3, 0.4) is 0 Å². The molecule has 5 nitrogen and oxygen atoms in total. The van der Waals surface area contributed by atoms with Crippen molar-refractivity contribution >= 4 is 12.4 Å². The van der Waals surface area contributed by atoms with E-state index in [4.69, 9.17) is 9.47 Å². The molecule has 0 radical (unpaired) electrons. The van der Waals surface area contributed by atoms with Gasteiger partial charge in [0, 0.05) is 11.8 Å². The molecule has 5 heteroatoms. The van der Waals surface area contributed by atoms with Crippen molar-refractivity contribution in [1.82, 2.24) is 4.90 Å². The van der Waals surface area contributed by atoms with Crippen molar-refractivity contribution in [3.05, 3.63) is 12.2 Å². The third-order valence-corrected chi connectivity index (χ3v) is 3.24. The Morgan fingerprint density at radius 3 is 2.53 bits per heavy atom. The summed E-state index contributed by atoms with van der Waals surface area (Å²) >= 11 is 0. The SMILES string of the molecule is C=C(C)C[C@@]1(C(=O)OC)CO[C@H](C(C)(C)C)N1C=O. The second kappa shape index (κ2) is 5.33. The fourth-order valence-electron chi connectivity index (χ4n) is 2.49. The van der Waals surface area contributed by atoms with Gasteiger partial charge in [-0.25, -0.2) is 4.79 Å². The summed E-state index contributed by atoms with van der Waals surface area (Å²) in [5.74, 6) is -0.464. The van der Waals surface area contributed by atoms with Crippen molar-refractivity contribution in [2.75, 3.05) is 13.7 Å². The molecule has 0 saturated carbocycles. The lowest BCUT2D eigenvalue weighted by Crippen LogP contribution is -2.56. The Bertz CT molecular complexity index is 385. The van der Waals surface area contributed by atoms with Crippen LogP contribution in [-0.2, 0) is 19.1 Å². The fraction of sp³-hybridized carbons (Fsp3) is 0.714. The molecule has 108 valence electrons. The molecule has 1 aliphatic heterocycles. The second-order valence-corrected chi connectivity index (χ2v) is 6.20. The average Bonchev–Trinajstić information content (AvgIpc) is 2.66. The third kappa shape index (κ3) is 2.81. The van der Waals surface area contributed by atoms with Gasteiger partial charge in [-0.2, -0.15) is 0 Å². The van der Waals surface area contributed by atoms with Gasteiger partial charge in [0.2, 0.25) is 6.41 Å². The molecule has 0 aliphatic carbocycles. The van der Waals surface area contributed by atoms with E-state index in [1.165, 1.54) is 12.0 Å². The van der Waals surface area contributed by atoms with Gasteiger partial charge in [-0.05, 0) is 6.92 Å². The Hall–Kier alpha value is -1.36. The van der Waals surface area contributed by atoms with Gasteiger partial charge < -0.3 is 9.47 Å². The number of rotatable bonds is 4. The van der Waals surface area contributed by atoms with E-state index in [9.17, 15) is 9.59 Å². The van der Waals surface area contributed by atoms with Crippen LogP contribution in [0.15, 0.2) is 12.2 Å². The van der Waals surface area contributed by atoms with Crippen molar-refractivity contribution < 1.29 is 19.1 Å². The molecule has 2 atom stereocenters. The fourth-order valence-corrected chi connectivity index (χ4v) is 2.49. The number of carbonyl (C=O) groups excluding carboxylic acids is 2. The van der Waals surface area contributed by atoms with E-state index in [1.54, 1.807) is 0 Å². The summed E-state index contributed by atoms with van der Waals surface area (Å²) < 4.78 is 10.6. The summed E-state index contributed by atoms with van der Waals surface area (Å²) in [7, 11) is 1.32. The number of esters is 1. The molecule has 1 rings (SSSR count). The van der Waals surface area contributed by atoms with Crippen LogP contribution < -0.4 is 0 Å². The van der Waals surface area contributed by atoms with Crippen molar-refractivity contribution in [3.8, 4) is 0 Å². The average molecular weight is 269 g/mol. The highest BCUT2D eigenvalue weighted by Crippen LogP contribution is 2.39. The maximum absolute atomic E-state index is 12.2. The molecule has 0 spiro atoms. The van der Waals surface area contributed by atoms with Gasteiger partial charge in [0.1, 0.15) is 6.23 Å². The zero-order valence-electron chi connectivity index (χ0n) is 12.4. The molecule has 0 unspecified atom stereocenters. The van der Waals surface area contributed by atoms with E-state index in [1.807, 2.05) is 27.7 Å². The van der Waals surface area contributed by atoms with E-state index in [-0.39, 0.29) is 12.0 Å². The minimum absolute atomic E-state index is 0.132. The van der Waals surface area contributed by atoms with Gasteiger partial charge in [-0.3, -0.25) is 9.69 Å². The first-order valence-electron chi connectivity index (χ1n) is 6.27. The first-order chi connectivity index (χ1) is 8.69. The van der Waals surface area contributed by atoms with Gasteiger partial charge in [0.25, 0.3) is 0 Å². The molecule has 1 saturated heterocycles. The lowest BCUT2D eigenvalue weighted by Gasteiger charge is -2.38. The van der Waals surface area contributed by atoms with Crippen LogP contribution in [-0.4, -0.2) is 42.8 Å². The Morgan fingerprint density at radius 1 is 1.58 bits per heavy atom. The zero-order valence-corrected chi connectivity index (χ0v) is 12.4. The summed E-state index contributed by atoms with van der Waals surface area (Å²) in [6.07, 6.45) is 0.553. The van der Waals surface area contributed by atoms with Crippen LogP contribution in [0.2, 0.25) is 0 Å². The quantitative estimate of drug-likeness (QED) is 0.443. The standard InChI is InChI=1S/C14H23NO4/c1-10(2)7-14(12(17)18-6)8-19-11(13(3,4)5)15(14)9-16/h9,11H,1,7-8H2,2-6H3/t11-,14+/m1/s1. The van der Waals surface area contributed by atoms with Crippen molar-refractivity contribution in [1.29, 1.82) is 0 Å². The minimum atomic E-state index is -1.10. The van der Waals surface area contributed by atoms with E-state index < -0.39 is 17.7 Å². The largest absolute Gasteiger partial charge is 0.467 e. The zero-order chi connectivity index (χ0) is 14.8. The minimum Gasteiger partial charge on any atom is -0.467 e. The first kappa shape index (κ1) is 15.7. The van der Waals surface area contributed by atoms with Crippen molar-refractivity contribution in [2.24, 2.45) is 5.41 Å². The summed E-state index contributed by atoms with van der Waals surface area (Å²) in [6.45, 7) is 11.7. The molecule has 0 aromatic heterocycles. The van der Waals surface area contributed by atoms with Crippen LogP contribution in [0.4, 0.5) is 0 Å². The molecule has 0 aromatic carbocycles. The van der Waals surface area contributed by atoms with E-state index in [0.29, 0.717) is 12.8 Å². The Balaban J connectivity index is 3.21. The number of carbonyl (C=O) groups is 2. The van der Waals surface area contributed by atoms with E-state index in [0.717, 1.165) is 5.57 Å². The summed E-state index contributed by atoms with van der Waals surface area (Å²) in [5, 5.41) is 0. The molecule has 0 bridgehead atoms. The predicted octanol–water partition coefficient (Wildman–Crippen LogP) is 1.73.